The minimum absolute atomic E-state index is 0.0975. The van der Waals surface area contributed by atoms with Crippen LogP contribution in [0.15, 0.2) is 54.6 Å². The summed E-state index contributed by atoms with van der Waals surface area (Å²) in [5.74, 6) is -2.13. The number of nitriles is 1. The maximum atomic E-state index is 14.5. The molecule has 0 spiro atoms. The Morgan fingerprint density at radius 2 is 1.66 bits per heavy atom. The monoisotopic (exact) mass is 532 g/mol. The number of carbonyl (C=O) groups is 2. The number of carbonyl (C=O) groups excluding carboxylic acids is 2. The molecule has 0 bridgehead atoms. The molecule has 0 saturated carbocycles. The summed E-state index contributed by atoms with van der Waals surface area (Å²) in [6.45, 7) is 1.59. The highest BCUT2D eigenvalue weighted by atomic mass is 19.4. The van der Waals surface area contributed by atoms with Gasteiger partial charge in [-0.15, -0.1) is 0 Å². The minimum Gasteiger partial charge on any atom is -0.496 e. The number of rotatable bonds is 9. The maximum absolute atomic E-state index is 14.5. The van der Waals surface area contributed by atoms with Gasteiger partial charge in [0.2, 0.25) is 0 Å². The first-order valence-electron chi connectivity index (χ1n) is 12.2. The minimum atomic E-state index is -5.04. The van der Waals surface area contributed by atoms with Gasteiger partial charge in [-0.1, -0.05) is 48.5 Å². The summed E-state index contributed by atoms with van der Waals surface area (Å²) in [5.41, 5.74) is -3.94. The van der Waals surface area contributed by atoms with Gasteiger partial charge in [0.05, 0.1) is 32.1 Å². The molecule has 2 aromatic carbocycles. The second kappa shape index (κ2) is 11.9. The second-order valence-electron chi connectivity index (χ2n) is 9.19. The zero-order valence-electron chi connectivity index (χ0n) is 21.6. The molecule has 1 aliphatic heterocycles. The summed E-state index contributed by atoms with van der Waals surface area (Å²) < 4.78 is 59.0. The van der Waals surface area contributed by atoms with Crippen LogP contribution >= 0.6 is 0 Å². The standard InChI is InChI=1S/C28H31F3N2O5/c1-4-38-24(34)18-26(22(19-32)21-12-8-9-13-23(21)36-2)14-16-33(17-15-26)25(35)27(37-3,28(29,30)31)20-10-6-5-7-11-20/h5-13,22H,4,14-18H2,1-3H3/t22?,27-/m1/s1. The van der Waals surface area contributed by atoms with Crippen LogP contribution in [0.1, 0.15) is 43.2 Å². The first-order valence-corrected chi connectivity index (χ1v) is 12.2. The van der Waals surface area contributed by atoms with E-state index in [2.05, 4.69) is 6.07 Å². The fourth-order valence-corrected chi connectivity index (χ4v) is 5.29. The topological polar surface area (TPSA) is 88.9 Å². The molecule has 0 radical (unpaired) electrons. The Morgan fingerprint density at radius 1 is 1.05 bits per heavy atom. The van der Waals surface area contributed by atoms with Gasteiger partial charge in [-0.05, 0) is 25.8 Å². The summed E-state index contributed by atoms with van der Waals surface area (Å²) in [7, 11) is 2.33. The molecule has 2 atom stereocenters. The Morgan fingerprint density at radius 3 is 2.18 bits per heavy atom. The lowest BCUT2D eigenvalue weighted by atomic mass is 9.64. The number of hydrogen-bond donors (Lipinski definition) is 0. The number of para-hydroxylation sites is 1. The van der Waals surface area contributed by atoms with Crippen molar-refractivity contribution in [2.75, 3.05) is 33.9 Å². The predicted molar refractivity (Wildman–Crippen MR) is 132 cm³/mol. The highest BCUT2D eigenvalue weighted by Crippen LogP contribution is 2.51. The molecule has 204 valence electrons. The highest BCUT2D eigenvalue weighted by Gasteiger charge is 2.64. The molecule has 10 heteroatoms. The first kappa shape index (κ1) is 29.0. The summed E-state index contributed by atoms with van der Waals surface area (Å²) in [6, 6.07) is 16.0. The normalized spacial score (nSPS) is 17.6. The van der Waals surface area contributed by atoms with Gasteiger partial charge in [-0.2, -0.15) is 18.4 Å². The smallest absolute Gasteiger partial charge is 0.430 e. The number of hydrogen-bond acceptors (Lipinski definition) is 6. The molecule has 7 nitrogen and oxygen atoms in total. The van der Waals surface area contributed by atoms with Crippen molar-refractivity contribution < 1.29 is 37.0 Å². The van der Waals surface area contributed by atoms with Gasteiger partial charge in [0, 0.05) is 36.7 Å². The molecular weight excluding hydrogens is 501 g/mol. The van der Waals surface area contributed by atoms with Gasteiger partial charge in [0.1, 0.15) is 5.75 Å². The van der Waals surface area contributed by atoms with E-state index in [1.807, 2.05) is 0 Å². The molecule has 38 heavy (non-hydrogen) atoms. The van der Waals surface area contributed by atoms with Crippen LogP contribution in [0.4, 0.5) is 13.2 Å². The Hall–Kier alpha value is -3.58. The summed E-state index contributed by atoms with van der Waals surface area (Å²) in [6.07, 6.45) is -4.97. The van der Waals surface area contributed by atoms with E-state index in [0.29, 0.717) is 11.3 Å². The van der Waals surface area contributed by atoms with Crippen molar-refractivity contribution in [1.29, 1.82) is 5.26 Å². The van der Waals surface area contributed by atoms with E-state index in [0.717, 1.165) is 12.0 Å². The molecular formula is C28H31F3N2O5. The van der Waals surface area contributed by atoms with Gasteiger partial charge >= 0.3 is 12.1 Å². The number of nitrogens with zero attached hydrogens (tertiary/aromatic N) is 2. The molecule has 0 aliphatic carbocycles. The number of benzene rings is 2. The van der Waals surface area contributed by atoms with Crippen molar-refractivity contribution in [2.24, 2.45) is 5.41 Å². The molecule has 0 aromatic heterocycles. The summed E-state index contributed by atoms with van der Waals surface area (Å²) in [5, 5.41) is 10.3. The highest BCUT2D eigenvalue weighted by molar-refractivity contribution is 5.88. The third kappa shape index (κ3) is 5.34. The molecule has 1 fully saturated rings. The molecule has 1 amide bonds. The number of alkyl halides is 3. The van der Waals surface area contributed by atoms with Crippen LogP contribution in [0.5, 0.6) is 5.75 Å². The van der Waals surface area contributed by atoms with Crippen LogP contribution in [0.2, 0.25) is 0 Å². The molecule has 0 N–H and O–H groups in total. The Bertz CT molecular complexity index is 1160. The van der Waals surface area contributed by atoms with E-state index in [4.69, 9.17) is 14.2 Å². The van der Waals surface area contributed by atoms with Crippen molar-refractivity contribution in [1.82, 2.24) is 4.90 Å². The van der Waals surface area contributed by atoms with Crippen molar-refractivity contribution in [2.45, 2.75) is 43.9 Å². The van der Waals surface area contributed by atoms with E-state index in [1.165, 1.54) is 31.4 Å². The van der Waals surface area contributed by atoms with Gasteiger partial charge in [-0.3, -0.25) is 9.59 Å². The molecule has 2 aromatic rings. The second-order valence-corrected chi connectivity index (χ2v) is 9.19. The quantitative estimate of drug-likeness (QED) is 0.424. The fourth-order valence-electron chi connectivity index (χ4n) is 5.29. The fraction of sp³-hybridized carbons (Fsp3) is 0.464. The number of esters is 1. The summed E-state index contributed by atoms with van der Waals surface area (Å²) in [4.78, 5) is 27.3. The third-order valence-corrected chi connectivity index (χ3v) is 7.23. The zero-order chi connectivity index (χ0) is 28.0. The summed E-state index contributed by atoms with van der Waals surface area (Å²) >= 11 is 0. The number of likely N-dealkylation sites (tertiary alicyclic amines) is 1. The Labute approximate surface area is 220 Å². The van der Waals surface area contributed by atoms with Crippen LogP contribution < -0.4 is 4.74 Å². The average Bonchev–Trinajstić information content (AvgIpc) is 2.90. The lowest BCUT2D eigenvalue weighted by Crippen LogP contribution is -2.59. The van der Waals surface area contributed by atoms with Gasteiger partial charge in [-0.25, -0.2) is 0 Å². The van der Waals surface area contributed by atoms with E-state index in [-0.39, 0.29) is 44.5 Å². The lowest BCUT2D eigenvalue weighted by molar-refractivity contribution is -0.271. The van der Waals surface area contributed by atoms with Crippen molar-refractivity contribution >= 4 is 11.9 Å². The Kier molecular flexibility index (Phi) is 9.05. The van der Waals surface area contributed by atoms with E-state index in [9.17, 15) is 28.0 Å². The van der Waals surface area contributed by atoms with Crippen LogP contribution in [-0.4, -0.2) is 56.9 Å². The van der Waals surface area contributed by atoms with Crippen LogP contribution in [0.3, 0.4) is 0 Å². The first-order chi connectivity index (χ1) is 18.1. The van der Waals surface area contributed by atoms with Gasteiger partial charge < -0.3 is 19.1 Å². The number of piperidine rings is 1. The molecule has 1 unspecified atom stereocenters. The number of ether oxygens (including phenoxy) is 3. The van der Waals surface area contributed by atoms with E-state index in [1.54, 1.807) is 37.3 Å². The van der Waals surface area contributed by atoms with Crippen molar-refractivity contribution in [3.63, 3.8) is 0 Å². The Balaban J connectivity index is 1.99. The lowest BCUT2D eigenvalue weighted by Gasteiger charge is -2.46. The van der Waals surface area contributed by atoms with Crippen molar-refractivity contribution in [3.05, 3.63) is 65.7 Å². The number of amides is 1. The largest absolute Gasteiger partial charge is 0.496 e. The number of halogens is 3. The molecule has 1 saturated heterocycles. The molecule has 1 heterocycles. The third-order valence-electron chi connectivity index (χ3n) is 7.23. The van der Waals surface area contributed by atoms with E-state index < -0.39 is 35.0 Å². The average molecular weight is 533 g/mol. The van der Waals surface area contributed by atoms with Crippen LogP contribution in [-0.2, 0) is 24.7 Å². The molecule has 3 rings (SSSR count). The SMILES string of the molecule is CCOC(=O)CC1(C(C#N)c2ccccc2OC)CCN(C(=O)[C@](OC)(c2ccccc2)C(F)(F)F)CC1. The van der Waals surface area contributed by atoms with Gasteiger partial charge in [0.25, 0.3) is 11.5 Å². The van der Waals surface area contributed by atoms with E-state index >= 15 is 0 Å². The maximum Gasteiger partial charge on any atom is 0.430 e. The zero-order valence-corrected chi connectivity index (χ0v) is 21.6. The van der Waals surface area contributed by atoms with Crippen LogP contribution in [0, 0.1) is 16.7 Å². The number of methoxy groups -OCH3 is 2. The van der Waals surface area contributed by atoms with Crippen LogP contribution in [0.25, 0.3) is 0 Å². The van der Waals surface area contributed by atoms with Gasteiger partial charge in [0.15, 0.2) is 0 Å². The predicted octanol–water partition coefficient (Wildman–Crippen LogP) is 4.97. The van der Waals surface area contributed by atoms with Crippen molar-refractivity contribution in [3.8, 4) is 11.8 Å². The molecule has 1 aliphatic rings.